The largest absolute Gasteiger partial charge is 0.389 e. The monoisotopic (exact) mass is 315 g/mol. The molecule has 0 spiro atoms. The molecule has 116 valence electrons. The number of thiocarbonyl (C=S) groups is 1. The van der Waals surface area contributed by atoms with Crippen molar-refractivity contribution in [3.05, 3.63) is 29.3 Å². The summed E-state index contributed by atoms with van der Waals surface area (Å²) in [6.45, 7) is 4.66. The fourth-order valence-electron chi connectivity index (χ4n) is 1.59. The molecule has 0 aromatic heterocycles. The molecule has 0 fully saturated rings. The van der Waals surface area contributed by atoms with Crippen molar-refractivity contribution >= 4 is 28.8 Å². The molecule has 0 heterocycles. The van der Waals surface area contributed by atoms with Gasteiger partial charge in [0.25, 0.3) is 0 Å². The lowest BCUT2D eigenvalue weighted by Crippen LogP contribution is -2.28. The molecule has 0 unspecified atom stereocenters. The highest BCUT2D eigenvalue weighted by Crippen LogP contribution is 2.20. The third kappa shape index (κ3) is 5.63. The number of amides is 1. The highest BCUT2D eigenvalue weighted by molar-refractivity contribution is 7.80. The number of benzene rings is 1. The summed E-state index contributed by atoms with van der Waals surface area (Å²) in [5.74, 6) is -1.40. The van der Waals surface area contributed by atoms with Gasteiger partial charge in [-0.25, -0.2) is 8.78 Å². The van der Waals surface area contributed by atoms with Crippen LogP contribution in [0.3, 0.4) is 0 Å². The van der Waals surface area contributed by atoms with E-state index in [1.54, 1.807) is 0 Å². The number of hydrogen-bond acceptors (Lipinski definition) is 3. The molecule has 0 aliphatic carbocycles. The van der Waals surface area contributed by atoms with E-state index in [0.717, 1.165) is 12.1 Å². The Morgan fingerprint density at radius 1 is 1.33 bits per heavy atom. The molecule has 0 saturated heterocycles. The fraction of sp³-hybridized carbons (Fsp3) is 0.429. The smallest absolute Gasteiger partial charge is 0.221 e. The van der Waals surface area contributed by atoms with Gasteiger partial charge in [0, 0.05) is 25.1 Å². The van der Waals surface area contributed by atoms with Crippen LogP contribution in [0.2, 0.25) is 0 Å². The summed E-state index contributed by atoms with van der Waals surface area (Å²) in [5, 5.41) is 5.29. The van der Waals surface area contributed by atoms with Crippen molar-refractivity contribution in [1.29, 1.82) is 0 Å². The first-order valence-corrected chi connectivity index (χ1v) is 7.01. The number of carbonyl (C=O) groups is 1. The van der Waals surface area contributed by atoms with Crippen LogP contribution in [0.25, 0.3) is 0 Å². The lowest BCUT2D eigenvalue weighted by Gasteiger charge is -2.11. The van der Waals surface area contributed by atoms with Gasteiger partial charge in [0.2, 0.25) is 5.91 Å². The second-order valence-corrected chi connectivity index (χ2v) is 5.49. The fourth-order valence-corrected chi connectivity index (χ4v) is 1.71. The highest BCUT2D eigenvalue weighted by atomic mass is 32.1. The molecule has 0 radical (unpaired) electrons. The minimum atomic E-state index is -0.791. The summed E-state index contributed by atoms with van der Waals surface area (Å²) < 4.78 is 27.5. The average molecular weight is 315 g/mol. The van der Waals surface area contributed by atoms with Crippen LogP contribution < -0.4 is 16.4 Å². The van der Waals surface area contributed by atoms with Crippen LogP contribution in [-0.2, 0) is 4.79 Å². The quantitative estimate of drug-likeness (QED) is 0.675. The van der Waals surface area contributed by atoms with E-state index in [2.05, 4.69) is 22.9 Å². The zero-order valence-corrected chi connectivity index (χ0v) is 12.8. The minimum Gasteiger partial charge on any atom is -0.389 e. The molecular weight excluding hydrogens is 296 g/mol. The van der Waals surface area contributed by atoms with Gasteiger partial charge in [-0.05, 0) is 18.1 Å². The molecule has 0 aliphatic rings. The highest BCUT2D eigenvalue weighted by Gasteiger charge is 2.12. The van der Waals surface area contributed by atoms with Crippen LogP contribution in [0.1, 0.15) is 25.8 Å². The van der Waals surface area contributed by atoms with E-state index in [1.807, 2.05) is 13.8 Å². The Bertz CT molecular complexity index is 512. The molecule has 4 N–H and O–H groups in total. The van der Waals surface area contributed by atoms with Crippen LogP contribution in [-0.4, -0.2) is 24.0 Å². The number of halogens is 2. The molecule has 0 saturated carbocycles. The minimum absolute atomic E-state index is 0.0765. The van der Waals surface area contributed by atoms with Gasteiger partial charge in [0.15, 0.2) is 0 Å². The molecular formula is C14H19F2N3OS. The molecule has 21 heavy (non-hydrogen) atoms. The zero-order chi connectivity index (χ0) is 16.0. The predicted molar refractivity (Wildman–Crippen MR) is 83.2 cm³/mol. The Hall–Kier alpha value is -1.76. The second kappa shape index (κ2) is 7.87. The lowest BCUT2D eigenvalue weighted by atomic mass is 10.2. The van der Waals surface area contributed by atoms with Gasteiger partial charge in [-0.15, -0.1) is 0 Å². The average Bonchev–Trinajstić information content (AvgIpc) is 2.39. The Kier molecular flexibility index (Phi) is 6.48. The van der Waals surface area contributed by atoms with E-state index in [4.69, 9.17) is 5.73 Å². The first-order chi connectivity index (χ1) is 9.81. The summed E-state index contributed by atoms with van der Waals surface area (Å²) in [7, 11) is 0. The summed E-state index contributed by atoms with van der Waals surface area (Å²) in [5.41, 5.74) is 5.16. The van der Waals surface area contributed by atoms with E-state index < -0.39 is 11.6 Å². The van der Waals surface area contributed by atoms with Crippen molar-refractivity contribution in [1.82, 2.24) is 5.32 Å². The van der Waals surface area contributed by atoms with Crippen molar-refractivity contribution in [2.75, 3.05) is 18.4 Å². The third-order valence-electron chi connectivity index (χ3n) is 2.69. The van der Waals surface area contributed by atoms with Gasteiger partial charge in [0.05, 0.1) is 0 Å². The van der Waals surface area contributed by atoms with E-state index in [1.165, 1.54) is 0 Å². The van der Waals surface area contributed by atoms with Crippen LogP contribution in [0.15, 0.2) is 12.1 Å². The summed E-state index contributed by atoms with van der Waals surface area (Å²) in [4.78, 5) is 11.4. The van der Waals surface area contributed by atoms with Gasteiger partial charge in [-0.1, -0.05) is 26.1 Å². The topological polar surface area (TPSA) is 67.2 Å². The first-order valence-electron chi connectivity index (χ1n) is 6.60. The second-order valence-electron chi connectivity index (χ2n) is 5.05. The van der Waals surface area contributed by atoms with Crippen molar-refractivity contribution < 1.29 is 13.6 Å². The molecule has 0 atom stereocenters. The summed E-state index contributed by atoms with van der Waals surface area (Å²) >= 11 is 4.67. The maximum Gasteiger partial charge on any atom is 0.221 e. The van der Waals surface area contributed by atoms with Crippen LogP contribution in [0.5, 0.6) is 0 Å². The number of anilines is 1. The summed E-state index contributed by atoms with van der Waals surface area (Å²) in [6.07, 6.45) is 0.128. The van der Waals surface area contributed by atoms with Crippen molar-refractivity contribution in [3.8, 4) is 0 Å². The van der Waals surface area contributed by atoms with E-state index in [-0.39, 0.29) is 35.1 Å². The molecule has 1 amide bonds. The van der Waals surface area contributed by atoms with Crippen molar-refractivity contribution in [2.45, 2.75) is 20.3 Å². The summed E-state index contributed by atoms with van der Waals surface area (Å²) in [6, 6.07) is 2.12. The maximum atomic E-state index is 13.7. The lowest BCUT2D eigenvalue weighted by molar-refractivity contribution is -0.120. The number of carbonyl (C=O) groups excluding carboxylic acids is 1. The number of hydrogen-bond donors (Lipinski definition) is 3. The predicted octanol–water partition coefficient (Wildman–Crippen LogP) is 2.17. The Balaban J connectivity index is 2.56. The number of rotatable bonds is 7. The molecule has 4 nitrogen and oxygen atoms in total. The van der Waals surface area contributed by atoms with Crippen molar-refractivity contribution in [2.24, 2.45) is 11.7 Å². The SMILES string of the molecule is CC(C)CNC(=O)CCNc1c(F)cc(C(N)=S)cc1F. The number of nitrogens with two attached hydrogens (primary N) is 1. The molecule has 1 aromatic rings. The van der Waals surface area contributed by atoms with Crippen LogP contribution in [0, 0.1) is 17.6 Å². The van der Waals surface area contributed by atoms with Crippen LogP contribution in [0.4, 0.5) is 14.5 Å². The Labute approximate surface area is 128 Å². The maximum absolute atomic E-state index is 13.7. The third-order valence-corrected chi connectivity index (χ3v) is 2.92. The molecule has 1 aromatic carbocycles. The zero-order valence-electron chi connectivity index (χ0n) is 12.0. The molecule has 0 bridgehead atoms. The molecule has 1 rings (SSSR count). The van der Waals surface area contributed by atoms with E-state index in [9.17, 15) is 13.6 Å². The van der Waals surface area contributed by atoms with Gasteiger partial charge >= 0.3 is 0 Å². The normalized spacial score (nSPS) is 10.5. The van der Waals surface area contributed by atoms with Gasteiger partial charge in [-0.3, -0.25) is 4.79 Å². The number of nitrogens with one attached hydrogen (secondary N) is 2. The van der Waals surface area contributed by atoms with E-state index >= 15 is 0 Å². The van der Waals surface area contributed by atoms with Crippen molar-refractivity contribution in [3.63, 3.8) is 0 Å². The van der Waals surface area contributed by atoms with Crippen LogP contribution >= 0.6 is 12.2 Å². The first kappa shape index (κ1) is 17.3. The molecule has 0 aliphatic heterocycles. The Morgan fingerprint density at radius 3 is 2.38 bits per heavy atom. The van der Waals surface area contributed by atoms with Gasteiger partial charge in [-0.2, -0.15) is 0 Å². The Morgan fingerprint density at radius 2 is 1.90 bits per heavy atom. The van der Waals surface area contributed by atoms with Gasteiger partial charge in [0.1, 0.15) is 22.3 Å². The standard InChI is InChI=1S/C14H19F2N3OS/c1-8(2)7-19-12(20)3-4-18-13-10(15)5-9(14(17)21)6-11(13)16/h5-6,8,18H,3-4,7H2,1-2H3,(H2,17,21)(H,19,20). The molecule has 7 heteroatoms. The van der Waals surface area contributed by atoms with Gasteiger partial charge < -0.3 is 16.4 Å². The van der Waals surface area contributed by atoms with E-state index in [0.29, 0.717) is 12.5 Å².